The Kier molecular flexibility index (Phi) is 3.11. The van der Waals surface area contributed by atoms with Gasteiger partial charge in [0.2, 0.25) is 5.91 Å². The maximum Gasteiger partial charge on any atom is 0.225 e. The first-order chi connectivity index (χ1) is 8.02. The third-order valence-electron chi connectivity index (χ3n) is 2.53. The van der Waals surface area contributed by atoms with Gasteiger partial charge in [-0.1, -0.05) is 0 Å². The Morgan fingerprint density at radius 2 is 2.07 bits per heavy atom. The molecule has 15 heavy (non-hydrogen) atoms. The molecule has 0 bridgehead atoms. The minimum atomic E-state index is -1.30. The van der Waals surface area contributed by atoms with E-state index in [0.717, 1.165) is 0 Å². The van der Waals surface area contributed by atoms with E-state index in [1.807, 2.05) is 0 Å². The smallest absolute Gasteiger partial charge is 0.225 e. The second-order valence-corrected chi connectivity index (χ2v) is 3.42. The van der Waals surface area contributed by atoms with Crippen molar-refractivity contribution in [1.29, 1.82) is 0 Å². The van der Waals surface area contributed by atoms with E-state index < -0.39 is 50.6 Å². The van der Waals surface area contributed by atoms with Gasteiger partial charge >= 0.3 is 0 Å². The Hall–Kier alpha value is -0.690. The zero-order chi connectivity index (χ0) is 13.0. The molecule has 3 N–H and O–H groups in total. The number of aliphatic hydroxyl groups excluding tert-OH is 1. The molecule has 1 aliphatic rings. The second-order valence-electron chi connectivity index (χ2n) is 3.42. The van der Waals surface area contributed by atoms with E-state index in [9.17, 15) is 9.90 Å². The molecule has 1 amide bonds. The first kappa shape index (κ1) is 9.53. The Morgan fingerprint density at radius 3 is 2.60 bits per heavy atom. The second kappa shape index (κ2) is 4.89. The fourth-order valence-corrected chi connectivity index (χ4v) is 1.78. The first-order valence-corrected chi connectivity index (χ1v) is 4.47. The number of hydrogen-bond acceptors (Lipinski definition) is 5. The van der Waals surface area contributed by atoms with Crippen molar-refractivity contribution in [3.8, 4) is 0 Å². The molecule has 1 saturated heterocycles. The van der Waals surface area contributed by atoms with Crippen LogP contribution in [0.1, 0.15) is 9.67 Å². The van der Waals surface area contributed by atoms with E-state index in [1.165, 1.54) is 0 Å². The SMILES string of the molecule is [2H]CO[C@H]1[C@H](C(N)=O)[C@@H](C)OC(O)[C@H]1OC[2H]. The molecule has 1 unspecified atom stereocenters. The molecule has 1 rings (SSSR count). The minimum absolute atomic E-state index is 0.397. The maximum absolute atomic E-state index is 11.3. The van der Waals surface area contributed by atoms with Crippen LogP contribution >= 0.6 is 0 Å². The summed E-state index contributed by atoms with van der Waals surface area (Å²) in [6.45, 7) is 1.58. The lowest BCUT2D eigenvalue weighted by Gasteiger charge is -2.41. The quantitative estimate of drug-likeness (QED) is 0.628. The van der Waals surface area contributed by atoms with Crippen molar-refractivity contribution in [2.24, 2.45) is 11.7 Å². The Labute approximate surface area is 91.1 Å². The van der Waals surface area contributed by atoms with Gasteiger partial charge in [0, 0.05) is 14.2 Å². The number of hydrogen-bond donors (Lipinski definition) is 2. The van der Waals surface area contributed by atoms with Crippen molar-refractivity contribution in [2.45, 2.75) is 31.5 Å². The summed E-state index contributed by atoms with van der Waals surface area (Å²) in [6.07, 6.45) is -3.81. The lowest BCUT2D eigenvalue weighted by molar-refractivity contribution is -0.270. The van der Waals surface area contributed by atoms with Crippen LogP contribution in [-0.2, 0) is 19.0 Å². The largest absolute Gasteiger partial charge is 0.378 e. The minimum Gasteiger partial charge on any atom is -0.378 e. The molecular weight excluding hydrogens is 202 g/mol. The maximum atomic E-state index is 11.3. The highest BCUT2D eigenvalue weighted by atomic mass is 16.7. The van der Waals surface area contributed by atoms with Crippen molar-refractivity contribution in [2.75, 3.05) is 14.2 Å². The highest BCUT2D eigenvalue weighted by Gasteiger charge is 2.46. The molecule has 0 spiro atoms. The molecule has 0 aromatic rings. The molecule has 1 fully saturated rings. The summed E-state index contributed by atoms with van der Waals surface area (Å²) in [5, 5.41) is 9.64. The number of aliphatic hydroxyl groups is 1. The van der Waals surface area contributed by atoms with Crippen molar-refractivity contribution in [3.05, 3.63) is 0 Å². The first-order valence-electron chi connectivity index (χ1n) is 5.88. The Balaban J connectivity index is 2.90. The number of carbonyl (C=O) groups excluding carboxylic acids is 1. The van der Waals surface area contributed by atoms with Gasteiger partial charge in [-0.15, -0.1) is 0 Å². The number of primary amides is 1. The number of methoxy groups -OCH3 is 2. The van der Waals surface area contributed by atoms with Crippen LogP contribution in [0.4, 0.5) is 0 Å². The van der Waals surface area contributed by atoms with E-state index in [-0.39, 0.29) is 0 Å². The molecule has 0 aromatic heterocycles. The van der Waals surface area contributed by atoms with Crippen molar-refractivity contribution < 1.29 is 26.9 Å². The van der Waals surface area contributed by atoms with Gasteiger partial charge in [-0.05, 0) is 6.92 Å². The Bertz CT molecular complexity index is 268. The number of rotatable bonds is 3. The van der Waals surface area contributed by atoms with E-state index >= 15 is 0 Å². The van der Waals surface area contributed by atoms with Gasteiger partial charge in [0.25, 0.3) is 0 Å². The normalized spacial score (nSPS) is 43.2. The molecule has 0 aromatic carbocycles. The summed E-state index contributed by atoms with van der Waals surface area (Å²) in [5.41, 5.74) is 5.24. The van der Waals surface area contributed by atoms with Gasteiger partial charge in [0.1, 0.15) is 12.2 Å². The van der Waals surface area contributed by atoms with Crippen LogP contribution in [0, 0.1) is 5.92 Å². The molecule has 6 nitrogen and oxygen atoms in total. The summed E-state index contributed by atoms with van der Waals surface area (Å²) in [5.74, 6) is -1.47. The van der Waals surface area contributed by atoms with Gasteiger partial charge < -0.3 is 25.1 Å². The average molecular weight is 221 g/mol. The zero-order valence-electron chi connectivity index (χ0n) is 10.5. The molecule has 5 atom stereocenters. The lowest BCUT2D eigenvalue weighted by atomic mass is 9.89. The van der Waals surface area contributed by atoms with Crippen LogP contribution in [0.5, 0.6) is 0 Å². The monoisotopic (exact) mass is 221 g/mol. The Morgan fingerprint density at radius 1 is 1.47 bits per heavy atom. The van der Waals surface area contributed by atoms with Crippen LogP contribution < -0.4 is 5.73 Å². The van der Waals surface area contributed by atoms with Crippen molar-refractivity contribution >= 4 is 5.91 Å². The molecule has 0 saturated carbocycles. The summed E-state index contributed by atoms with van der Waals surface area (Å²) in [7, 11) is -0.811. The van der Waals surface area contributed by atoms with E-state index in [0.29, 0.717) is 0 Å². The van der Waals surface area contributed by atoms with Crippen LogP contribution in [0.25, 0.3) is 0 Å². The molecule has 1 aliphatic heterocycles. The van der Waals surface area contributed by atoms with E-state index in [1.54, 1.807) is 6.92 Å². The summed E-state index contributed by atoms with van der Waals surface area (Å²) < 4.78 is 29.1. The van der Waals surface area contributed by atoms with Crippen LogP contribution in [-0.4, -0.2) is 49.8 Å². The number of ether oxygens (including phenoxy) is 3. The number of carbonyl (C=O) groups is 1. The van der Waals surface area contributed by atoms with Crippen LogP contribution in [0.15, 0.2) is 0 Å². The number of nitrogens with two attached hydrogens (primary N) is 1. The molecular formula is C9H17NO5. The average Bonchev–Trinajstić information content (AvgIpc) is 2.23. The highest BCUT2D eigenvalue weighted by Crippen LogP contribution is 2.28. The molecule has 0 radical (unpaired) electrons. The van der Waals surface area contributed by atoms with Crippen molar-refractivity contribution in [1.82, 2.24) is 0 Å². The van der Waals surface area contributed by atoms with Gasteiger partial charge in [-0.3, -0.25) is 4.79 Å². The van der Waals surface area contributed by atoms with Gasteiger partial charge in [-0.2, -0.15) is 0 Å². The van der Waals surface area contributed by atoms with Crippen LogP contribution in [0.2, 0.25) is 0 Å². The van der Waals surface area contributed by atoms with Crippen molar-refractivity contribution in [3.63, 3.8) is 0 Å². The third-order valence-corrected chi connectivity index (χ3v) is 2.53. The fourth-order valence-electron chi connectivity index (χ4n) is 1.78. The lowest BCUT2D eigenvalue weighted by Crippen LogP contribution is -2.58. The van der Waals surface area contributed by atoms with Gasteiger partial charge in [0.05, 0.1) is 14.8 Å². The number of amides is 1. The van der Waals surface area contributed by atoms with E-state index in [2.05, 4.69) is 0 Å². The molecule has 1 heterocycles. The molecule has 88 valence electrons. The highest BCUT2D eigenvalue weighted by molar-refractivity contribution is 5.78. The third kappa shape index (κ3) is 2.28. The predicted molar refractivity (Wildman–Crippen MR) is 50.8 cm³/mol. The predicted octanol–water partition coefficient (Wildman–Crippen LogP) is -1.14. The summed E-state index contributed by atoms with van der Waals surface area (Å²) >= 11 is 0. The van der Waals surface area contributed by atoms with Gasteiger partial charge in [-0.25, -0.2) is 0 Å². The summed E-state index contributed by atoms with van der Waals surface area (Å²) in [4.78, 5) is 11.3. The van der Waals surface area contributed by atoms with E-state index in [4.69, 9.17) is 22.7 Å². The molecule has 0 aliphatic carbocycles. The molecule has 6 heteroatoms. The summed E-state index contributed by atoms with van der Waals surface area (Å²) in [6, 6.07) is 0. The van der Waals surface area contributed by atoms with Gasteiger partial charge in [0.15, 0.2) is 6.29 Å². The standard InChI is InChI=1S/C9H17NO5/c1-4-5(8(10)11)6(13-2)7(14-3)9(12)15-4/h4-7,9,12H,1-3H3,(H2,10,11)/t4-,5-,6+,7+,9?/m1/s1/i2D,3D. The topological polar surface area (TPSA) is 91.0 Å². The fraction of sp³-hybridized carbons (Fsp3) is 0.889. The van der Waals surface area contributed by atoms with Crippen LogP contribution in [0.3, 0.4) is 0 Å². The zero-order valence-corrected chi connectivity index (χ0v) is 8.46.